The first kappa shape index (κ1) is 30.9. The van der Waals surface area contributed by atoms with E-state index in [1.807, 2.05) is 0 Å². The topological polar surface area (TPSA) is 127 Å². The highest BCUT2D eigenvalue weighted by Gasteiger charge is 2.33. The van der Waals surface area contributed by atoms with Crippen molar-refractivity contribution in [2.75, 3.05) is 31.0 Å². The first-order valence-corrected chi connectivity index (χ1v) is 12.6. The molecule has 0 aliphatic heterocycles. The van der Waals surface area contributed by atoms with Crippen LogP contribution in [0.1, 0.15) is 18.1 Å². The highest BCUT2D eigenvalue weighted by Crippen LogP contribution is 2.37. The molecule has 3 rings (SSSR count). The van der Waals surface area contributed by atoms with Gasteiger partial charge in [0.2, 0.25) is 0 Å². The summed E-state index contributed by atoms with van der Waals surface area (Å²) in [5.74, 6) is -1.89. The van der Waals surface area contributed by atoms with Gasteiger partial charge in [0, 0.05) is 5.69 Å². The van der Waals surface area contributed by atoms with Crippen molar-refractivity contribution in [2.24, 2.45) is 5.10 Å². The molecule has 0 aliphatic carbocycles. The number of hydrogen-bond donors (Lipinski definition) is 3. The monoisotopic (exact) mass is 636 g/mol. The molecule has 14 heteroatoms. The van der Waals surface area contributed by atoms with Crippen LogP contribution < -0.4 is 30.3 Å². The number of benzene rings is 3. The lowest BCUT2D eigenvalue weighted by Crippen LogP contribution is -2.32. The maximum absolute atomic E-state index is 13.2. The highest BCUT2D eigenvalue weighted by molar-refractivity contribution is 9.10. The van der Waals surface area contributed by atoms with Gasteiger partial charge in [-0.05, 0) is 76.9 Å². The number of para-hydroxylation sites is 1. The van der Waals surface area contributed by atoms with Gasteiger partial charge in [-0.1, -0.05) is 12.1 Å². The number of rotatable bonds is 10. The van der Waals surface area contributed by atoms with Crippen LogP contribution in [0.3, 0.4) is 0 Å². The van der Waals surface area contributed by atoms with Crippen molar-refractivity contribution in [3.8, 4) is 17.2 Å². The van der Waals surface area contributed by atoms with Gasteiger partial charge in [-0.25, -0.2) is 5.43 Å². The van der Waals surface area contributed by atoms with Crippen molar-refractivity contribution in [1.29, 1.82) is 0 Å². The number of methoxy groups -OCH3 is 1. The van der Waals surface area contributed by atoms with Gasteiger partial charge in [-0.15, -0.1) is 0 Å². The number of carbonyl (C=O) groups is 3. The Morgan fingerprint density at radius 1 is 0.976 bits per heavy atom. The van der Waals surface area contributed by atoms with Gasteiger partial charge in [0.25, 0.3) is 5.91 Å². The maximum Gasteiger partial charge on any atom is 0.418 e. The van der Waals surface area contributed by atoms with E-state index in [9.17, 15) is 27.6 Å². The third kappa shape index (κ3) is 8.96. The average Bonchev–Trinajstić information content (AvgIpc) is 2.92. The molecule has 0 fully saturated rings. The second-order valence-electron chi connectivity index (χ2n) is 8.02. The van der Waals surface area contributed by atoms with Gasteiger partial charge in [-0.3, -0.25) is 14.4 Å². The molecule has 3 aromatic carbocycles. The standard InChI is InChI=1S/C27H24BrF3N4O6/c1-3-40-22-13-16(14-32-35-26(38)25(37)33-17-8-10-18(39-2)11-9-17)12-20(28)24(22)41-15-23(36)34-21-7-5-4-6-19(21)27(29,30)31/h4-14H,3,15H2,1-2H3,(H,33,37)(H,34,36)(H,35,38)/b32-14-. The largest absolute Gasteiger partial charge is 0.497 e. The smallest absolute Gasteiger partial charge is 0.418 e. The molecule has 10 nitrogen and oxygen atoms in total. The number of carbonyl (C=O) groups excluding carboxylic acids is 3. The fourth-order valence-electron chi connectivity index (χ4n) is 3.31. The molecule has 0 aromatic heterocycles. The molecule has 0 atom stereocenters. The number of amides is 3. The lowest BCUT2D eigenvalue weighted by atomic mass is 10.1. The Morgan fingerprint density at radius 2 is 1.68 bits per heavy atom. The minimum Gasteiger partial charge on any atom is -0.497 e. The predicted molar refractivity (Wildman–Crippen MR) is 148 cm³/mol. The minimum atomic E-state index is -4.65. The molecular formula is C27H24BrF3N4O6. The Balaban J connectivity index is 1.63. The molecule has 41 heavy (non-hydrogen) atoms. The van der Waals surface area contributed by atoms with Gasteiger partial charge in [0.05, 0.1) is 35.7 Å². The predicted octanol–water partition coefficient (Wildman–Crippen LogP) is 4.98. The van der Waals surface area contributed by atoms with E-state index in [0.29, 0.717) is 21.5 Å². The van der Waals surface area contributed by atoms with Crippen molar-refractivity contribution < 1.29 is 41.8 Å². The van der Waals surface area contributed by atoms with Gasteiger partial charge in [0.15, 0.2) is 18.1 Å². The van der Waals surface area contributed by atoms with E-state index < -0.39 is 41.8 Å². The third-order valence-corrected chi connectivity index (χ3v) is 5.71. The molecule has 0 heterocycles. The van der Waals surface area contributed by atoms with Crippen LogP contribution >= 0.6 is 15.9 Å². The number of nitrogens with zero attached hydrogens (tertiary/aromatic N) is 1. The van der Waals surface area contributed by atoms with E-state index in [4.69, 9.17) is 14.2 Å². The first-order chi connectivity index (χ1) is 19.5. The Bertz CT molecular complexity index is 1430. The van der Waals surface area contributed by atoms with Crippen LogP contribution in [-0.2, 0) is 20.6 Å². The summed E-state index contributed by atoms with van der Waals surface area (Å²) < 4.78 is 56.1. The van der Waals surface area contributed by atoms with Crippen LogP contribution in [0.2, 0.25) is 0 Å². The fourth-order valence-corrected chi connectivity index (χ4v) is 3.88. The Labute approximate surface area is 241 Å². The van der Waals surface area contributed by atoms with E-state index in [-0.39, 0.29) is 18.1 Å². The van der Waals surface area contributed by atoms with Crippen LogP contribution in [0.15, 0.2) is 70.2 Å². The summed E-state index contributed by atoms with van der Waals surface area (Å²) in [7, 11) is 1.50. The molecule has 0 bridgehead atoms. The van der Waals surface area contributed by atoms with E-state index in [0.717, 1.165) is 12.1 Å². The van der Waals surface area contributed by atoms with Crippen molar-refractivity contribution in [3.63, 3.8) is 0 Å². The lowest BCUT2D eigenvalue weighted by Gasteiger charge is -2.16. The normalized spacial score (nSPS) is 11.1. The molecule has 0 saturated heterocycles. The number of nitrogens with one attached hydrogen (secondary N) is 3. The van der Waals surface area contributed by atoms with Crippen LogP contribution in [0.4, 0.5) is 24.5 Å². The SMILES string of the molecule is CCOc1cc(/C=N\NC(=O)C(=O)Nc2ccc(OC)cc2)cc(Br)c1OCC(=O)Nc1ccccc1C(F)(F)F. The van der Waals surface area contributed by atoms with Crippen LogP contribution in [0.25, 0.3) is 0 Å². The highest BCUT2D eigenvalue weighted by atomic mass is 79.9. The second-order valence-corrected chi connectivity index (χ2v) is 8.88. The van der Waals surface area contributed by atoms with Crippen LogP contribution in [-0.4, -0.2) is 44.3 Å². The van der Waals surface area contributed by atoms with E-state index in [2.05, 4.69) is 37.1 Å². The first-order valence-electron chi connectivity index (χ1n) is 11.9. The van der Waals surface area contributed by atoms with E-state index in [1.165, 1.54) is 37.6 Å². The van der Waals surface area contributed by atoms with Gasteiger partial charge in [0.1, 0.15) is 5.75 Å². The number of hydrogen-bond acceptors (Lipinski definition) is 7. The molecule has 0 spiro atoms. The molecule has 0 unspecified atom stereocenters. The zero-order valence-electron chi connectivity index (χ0n) is 21.7. The number of hydrazone groups is 1. The average molecular weight is 637 g/mol. The zero-order chi connectivity index (χ0) is 30.0. The summed E-state index contributed by atoms with van der Waals surface area (Å²) in [6.07, 6.45) is -3.40. The van der Waals surface area contributed by atoms with Gasteiger partial charge >= 0.3 is 18.0 Å². The minimum absolute atomic E-state index is 0.117. The molecular weight excluding hydrogens is 613 g/mol. The number of alkyl halides is 3. The van der Waals surface area contributed by atoms with Crippen molar-refractivity contribution in [3.05, 3.63) is 76.3 Å². The van der Waals surface area contributed by atoms with Crippen molar-refractivity contribution in [1.82, 2.24) is 5.43 Å². The summed E-state index contributed by atoms with van der Waals surface area (Å²) in [5, 5.41) is 8.39. The Morgan fingerprint density at radius 3 is 2.34 bits per heavy atom. The van der Waals surface area contributed by atoms with Gasteiger partial charge in [-0.2, -0.15) is 18.3 Å². The third-order valence-electron chi connectivity index (χ3n) is 5.12. The summed E-state index contributed by atoms with van der Waals surface area (Å²) >= 11 is 3.31. The van der Waals surface area contributed by atoms with Crippen molar-refractivity contribution in [2.45, 2.75) is 13.1 Å². The Kier molecular flexibility index (Phi) is 10.7. The molecule has 3 N–H and O–H groups in total. The second kappa shape index (κ2) is 14.2. The van der Waals surface area contributed by atoms with Gasteiger partial charge < -0.3 is 24.8 Å². The summed E-state index contributed by atoms with van der Waals surface area (Å²) in [6, 6.07) is 14.0. The molecule has 0 saturated carbocycles. The molecule has 0 aliphatic rings. The molecule has 216 valence electrons. The summed E-state index contributed by atoms with van der Waals surface area (Å²) in [6.45, 7) is 1.31. The number of halogens is 4. The van der Waals surface area contributed by atoms with E-state index in [1.54, 1.807) is 31.2 Å². The molecule has 3 aromatic rings. The lowest BCUT2D eigenvalue weighted by molar-refractivity contribution is -0.137. The number of anilines is 2. The van der Waals surface area contributed by atoms with E-state index >= 15 is 0 Å². The summed E-state index contributed by atoms with van der Waals surface area (Å²) in [5.41, 5.74) is 1.53. The maximum atomic E-state index is 13.2. The van der Waals surface area contributed by atoms with Crippen LogP contribution in [0, 0.1) is 0 Å². The summed E-state index contributed by atoms with van der Waals surface area (Å²) in [4.78, 5) is 36.5. The number of ether oxygens (including phenoxy) is 3. The fraction of sp³-hybridized carbons (Fsp3) is 0.185. The zero-order valence-corrected chi connectivity index (χ0v) is 23.3. The quantitative estimate of drug-likeness (QED) is 0.164. The molecule has 0 radical (unpaired) electrons. The van der Waals surface area contributed by atoms with Crippen molar-refractivity contribution >= 4 is 51.2 Å². The Hall–Kier alpha value is -4.59. The molecule has 3 amide bonds. The van der Waals surface area contributed by atoms with Crippen LogP contribution in [0.5, 0.6) is 17.2 Å².